The van der Waals surface area contributed by atoms with Crippen LogP contribution < -0.4 is 14.9 Å². The summed E-state index contributed by atoms with van der Waals surface area (Å²) in [6.45, 7) is 0.893. The lowest BCUT2D eigenvalue weighted by Crippen LogP contribution is -2.58. The van der Waals surface area contributed by atoms with Crippen molar-refractivity contribution in [2.24, 2.45) is 0 Å². The highest BCUT2D eigenvalue weighted by molar-refractivity contribution is 5.95. The Morgan fingerprint density at radius 1 is 0.780 bits per heavy atom. The van der Waals surface area contributed by atoms with Gasteiger partial charge in [0, 0.05) is 11.6 Å². The predicted octanol–water partition coefficient (Wildman–Crippen LogP) is -1.40. The van der Waals surface area contributed by atoms with Crippen molar-refractivity contribution >= 4 is 11.0 Å². The van der Waals surface area contributed by atoms with Crippen LogP contribution in [0.25, 0.3) is 22.3 Å². The van der Waals surface area contributed by atoms with Crippen molar-refractivity contribution < 1.29 is 69.3 Å². The van der Waals surface area contributed by atoms with Gasteiger partial charge in [-0.05, 0) is 31.2 Å². The average molecular weight is 580 g/mol. The standard InChI is InChI=1S/C26H28O15/c1-8-15(30)18(33)20(35)26(38-8)41-24-21(36)23(40-25-19(34)16(31)12(29)7-37-25)17(32)14-11(28)6-13(39-22(14)24)9-2-4-10(27)5-3-9/h2-6,8,12,15-16,18-20,25-27,29-36H,7H2,1H3/t8-,12-,15-,16-,18+,19+,20+,25+,26-/m1/s1. The molecule has 3 heterocycles. The van der Waals surface area contributed by atoms with Gasteiger partial charge in [0.1, 0.15) is 53.5 Å². The Morgan fingerprint density at radius 2 is 1.41 bits per heavy atom. The van der Waals surface area contributed by atoms with Crippen molar-refractivity contribution in [3.05, 3.63) is 40.6 Å². The van der Waals surface area contributed by atoms with E-state index in [4.69, 9.17) is 23.4 Å². The van der Waals surface area contributed by atoms with Crippen LogP contribution in [0.3, 0.4) is 0 Å². The van der Waals surface area contributed by atoms with Crippen LogP contribution in [-0.4, -0.2) is 108 Å². The first-order valence-corrected chi connectivity index (χ1v) is 12.4. The molecule has 2 saturated heterocycles. The van der Waals surface area contributed by atoms with E-state index >= 15 is 0 Å². The van der Waals surface area contributed by atoms with E-state index in [1.807, 2.05) is 0 Å². The van der Waals surface area contributed by atoms with Crippen LogP contribution in [0, 0.1) is 0 Å². The molecule has 5 rings (SSSR count). The molecule has 0 amide bonds. The lowest BCUT2D eigenvalue weighted by molar-refractivity contribution is -0.268. The molecule has 9 N–H and O–H groups in total. The van der Waals surface area contributed by atoms with Gasteiger partial charge in [-0.2, -0.15) is 0 Å². The zero-order chi connectivity index (χ0) is 29.7. The highest BCUT2D eigenvalue weighted by atomic mass is 16.7. The van der Waals surface area contributed by atoms with Crippen LogP contribution in [0.15, 0.2) is 39.5 Å². The molecule has 2 aliphatic rings. The van der Waals surface area contributed by atoms with Crippen molar-refractivity contribution in [2.75, 3.05) is 6.61 Å². The Labute approximate surface area is 230 Å². The number of phenolic OH excluding ortho intramolecular Hbond substituents is 3. The Balaban J connectivity index is 1.67. The van der Waals surface area contributed by atoms with Crippen LogP contribution >= 0.6 is 0 Å². The molecule has 15 heteroatoms. The minimum atomic E-state index is -1.86. The molecule has 0 saturated carbocycles. The molecule has 0 aliphatic carbocycles. The van der Waals surface area contributed by atoms with Crippen LogP contribution in [0.5, 0.6) is 28.7 Å². The maximum Gasteiger partial charge on any atom is 0.229 e. The minimum absolute atomic E-state index is 0.0685. The number of fused-ring (bicyclic) bond motifs is 1. The molecule has 3 aromatic rings. The molecule has 2 fully saturated rings. The van der Waals surface area contributed by atoms with Gasteiger partial charge in [0.2, 0.25) is 29.8 Å². The van der Waals surface area contributed by atoms with E-state index in [0.29, 0.717) is 5.56 Å². The van der Waals surface area contributed by atoms with Crippen molar-refractivity contribution in [3.8, 4) is 40.1 Å². The lowest BCUT2D eigenvalue weighted by Gasteiger charge is -2.39. The third-order valence-electron chi connectivity index (χ3n) is 6.92. The van der Waals surface area contributed by atoms with Crippen LogP contribution in [0.2, 0.25) is 0 Å². The van der Waals surface area contributed by atoms with E-state index in [-0.39, 0.29) is 11.5 Å². The molecule has 9 atom stereocenters. The first-order valence-electron chi connectivity index (χ1n) is 12.4. The molecule has 0 unspecified atom stereocenters. The number of ether oxygens (including phenoxy) is 4. The van der Waals surface area contributed by atoms with Crippen molar-refractivity contribution in [2.45, 2.75) is 62.2 Å². The summed E-state index contributed by atoms with van der Waals surface area (Å²) in [5.41, 5.74) is -1.11. The quantitative estimate of drug-likeness (QED) is 0.168. The molecular formula is C26H28O15. The molecule has 41 heavy (non-hydrogen) atoms. The minimum Gasteiger partial charge on any atom is -0.508 e. The average Bonchev–Trinajstić information content (AvgIpc) is 2.94. The summed E-state index contributed by atoms with van der Waals surface area (Å²) in [6.07, 6.45) is -14.7. The highest BCUT2D eigenvalue weighted by Crippen LogP contribution is 2.51. The number of aliphatic hydroxyl groups is 6. The van der Waals surface area contributed by atoms with Gasteiger partial charge in [0.25, 0.3) is 0 Å². The van der Waals surface area contributed by atoms with Gasteiger partial charge in [0.05, 0.1) is 12.7 Å². The van der Waals surface area contributed by atoms with Crippen LogP contribution in [-0.2, 0) is 9.47 Å². The van der Waals surface area contributed by atoms with Crippen molar-refractivity contribution in [3.63, 3.8) is 0 Å². The number of hydrogen-bond acceptors (Lipinski definition) is 15. The SMILES string of the molecule is C[C@H]1O[C@H](Oc2c(O)c(O[C@@H]3OC[C@@H](O)[C@@H](O)[C@@H]3O)c(O)c3c(=O)cc(-c4ccc(O)cc4)oc23)[C@@H](O)[C@@H](O)[C@@H]1O. The number of aliphatic hydroxyl groups excluding tert-OH is 6. The number of benzene rings is 2. The lowest BCUT2D eigenvalue weighted by atomic mass is 10.00. The number of rotatable bonds is 5. The number of hydrogen-bond donors (Lipinski definition) is 9. The molecular weight excluding hydrogens is 552 g/mol. The summed E-state index contributed by atoms with van der Waals surface area (Å²) in [5.74, 6) is -3.72. The molecule has 222 valence electrons. The summed E-state index contributed by atoms with van der Waals surface area (Å²) < 4.78 is 27.5. The van der Waals surface area contributed by atoms with E-state index in [1.165, 1.54) is 31.2 Å². The molecule has 0 radical (unpaired) electrons. The smallest absolute Gasteiger partial charge is 0.229 e. The Morgan fingerprint density at radius 3 is 2.10 bits per heavy atom. The topological polar surface area (TPSA) is 249 Å². The maximum atomic E-state index is 13.3. The fourth-order valence-electron chi connectivity index (χ4n) is 4.53. The first-order chi connectivity index (χ1) is 19.4. The van der Waals surface area contributed by atoms with Gasteiger partial charge in [-0.25, -0.2) is 0 Å². The Hall–Kier alpha value is -3.67. The van der Waals surface area contributed by atoms with Crippen LogP contribution in [0.1, 0.15) is 6.92 Å². The molecule has 1 aromatic heterocycles. The van der Waals surface area contributed by atoms with Crippen molar-refractivity contribution in [1.29, 1.82) is 0 Å². The predicted molar refractivity (Wildman–Crippen MR) is 134 cm³/mol. The van der Waals surface area contributed by atoms with Gasteiger partial charge in [0.15, 0.2) is 16.8 Å². The summed E-state index contributed by atoms with van der Waals surface area (Å²) >= 11 is 0. The molecule has 2 aliphatic heterocycles. The third-order valence-corrected chi connectivity index (χ3v) is 6.92. The monoisotopic (exact) mass is 580 g/mol. The molecule has 15 nitrogen and oxygen atoms in total. The zero-order valence-electron chi connectivity index (χ0n) is 21.3. The van der Waals surface area contributed by atoms with Gasteiger partial charge in [-0.1, -0.05) is 0 Å². The Kier molecular flexibility index (Phi) is 7.71. The zero-order valence-corrected chi connectivity index (χ0v) is 21.3. The highest BCUT2D eigenvalue weighted by Gasteiger charge is 2.45. The van der Waals surface area contributed by atoms with Gasteiger partial charge in [-0.3, -0.25) is 4.79 Å². The first kappa shape index (κ1) is 28.8. The second-order valence-electron chi connectivity index (χ2n) is 9.75. The van der Waals surface area contributed by atoms with E-state index in [1.54, 1.807) is 0 Å². The van der Waals surface area contributed by atoms with Crippen LogP contribution in [0.4, 0.5) is 0 Å². The number of aromatic hydroxyl groups is 3. The van der Waals surface area contributed by atoms with Gasteiger partial charge < -0.3 is 69.3 Å². The molecule has 0 bridgehead atoms. The van der Waals surface area contributed by atoms with E-state index in [2.05, 4.69) is 0 Å². The normalized spacial score (nSPS) is 32.1. The summed E-state index contributed by atoms with van der Waals surface area (Å²) in [7, 11) is 0. The Bertz CT molecular complexity index is 1470. The second kappa shape index (κ2) is 11.0. The largest absolute Gasteiger partial charge is 0.508 e. The summed E-state index contributed by atoms with van der Waals surface area (Å²) in [4.78, 5) is 13.3. The number of phenols is 3. The van der Waals surface area contributed by atoms with E-state index < -0.39 is 101 Å². The maximum absolute atomic E-state index is 13.3. The second-order valence-corrected chi connectivity index (χ2v) is 9.75. The third kappa shape index (κ3) is 5.13. The van der Waals surface area contributed by atoms with E-state index in [9.17, 15) is 50.8 Å². The summed E-state index contributed by atoms with van der Waals surface area (Å²) in [5, 5.41) is 92.0. The van der Waals surface area contributed by atoms with Gasteiger partial charge >= 0.3 is 0 Å². The molecule has 2 aromatic carbocycles. The summed E-state index contributed by atoms with van der Waals surface area (Å²) in [6, 6.07) is 6.49. The molecule has 0 spiro atoms. The van der Waals surface area contributed by atoms with Gasteiger partial charge in [-0.15, -0.1) is 0 Å². The fourth-order valence-corrected chi connectivity index (χ4v) is 4.53. The van der Waals surface area contributed by atoms with Crippen molar-refractivity contribution in [1.82, 2.24) is 0 Å². The van der Waals surface area contributed by atoms with E-state index in [0.717, 1.165) is 6.07 Å². The fraction of sp³-hybridized carbons (Fsp3) is 0.423.